The van der Waals surface area contributed by atoms with Gasteiger partial charge in [0.2, 0.25) is 11.8 Å². The third-order valence-electron chi connectivity index (χ3n) is 7.15. The van der Waals surface area contributed by atoms with Crippen molar-refractivity contribution in [3.8, 4) is 0 Å². The number of nitrogens with one attached hydrogen (secondary N) is 3. The Balaban J connectivity index is 1.17. The monoisotopic (exact) mass is 505 g/mol. The summed E-state index contributed by atoms with van der Waals surface area (Å²) < 4.78 is 5.42. The molecule has 0 aliphatic carbocycles. The van der Waals surface area contributed by atoms with Gasteiger partial charge in [0, 0.05) is 50.4 Å². The number of nitrogens with zero attached hydrogens (tertiary/aromatic N) is 2. The minimum Gasteiger partial charge on any atom is -0.379 e. The Bertz CT molecular complexity index is 1240. The molecule has 0 bridgehead atoms. The van der Waals surface area contributed by atoms with Crippen LogP contribution in [-0.2, 0) is 34.0 Å². The molecule has 10 nitrogen and oxygen atoms in total. The number of fused-ring (bicyclic) bond motifs is 1. The normalized spacial score (nSPS) is 20.0. The number of imide groups is 1. The zero-order valence-electron chi connectivity index (χ0n) is 20.8. The molecule has 194 valence electrons. The average Bonchev–Trinajstić information content (AvgIpc) is 3.21. The van der Waals surface area contributed by atoms with E-state index in [4.69, 9.17) is 4.74 Å². The van der Waals surface area contributed by atoms with Crippen LogP contribution in [0.1, 0.15) is 45.5 Å². The van der Waals surface area contributed by atoms with Crippen LogP contribution >= 0.6 is 0 Å². The summed E-state index contributed by atoms with van der Waals surface area (Å²) in [5, 5.41) is 8.06. The number of aryl methyl sites for hydroxylation is 1. The van der Waals surface area contributed by atoms with Gasteiger partial charge in [-0.2, -0.15) is 0 Å². The molecule has 1 unspecified atom stereocenters. The summed E-state index contributed by atoms with van der Waals surface area (Å²) in [7, 11) is 0. The lowest BCUT2D eigenvalue weighted by Crippen LogP contribution is -2.52. The summed E-state index contributed by atoms with van der Waals surface area (Å²) in [5.74, 6) is -0.973. The predicted molar refractivity (Wildman–Crippen MR) is 136 cm³/mol. The number of ether oxygens (including phenoxy) is 1. The van der Waals surface area contributed by atoms with Gasteiger partial charge in [-0.1, -0.05) is 18.2 Å². The molecular weight excluding hydrogens is 474 g/mol. The molecular formula is C27H31N5O5. The second kappa shape index (κ2) is 10.7. The molecule has 3 N–H and O–H groups in total. The van der Waals surface area contributed by atoms with Gasteiger partial charge in [0.1, 0.15) is 6.04 Å². The second-order valence-electron chi connectivity index (χ2n) is 9.73. The van der Waals surface area contributed by atoms with Gasteiger partial charge in [-0.25, -0.2) is 4.79 Å². The van der Waals surface area contributed by atoms with Crippen LogP contribution in [0.5, 0.6) is 0 Å². The lowest BCUT2D eigenvalue weighted by atomic mass is 10.0. The summed E-state index contributed by atoms with van der Waals surface area (Å²) in [4.78, 5) is 53.1. The highest BCUT2D eigenvalue weighted by Crippen LogP contribution is 2.28. The molecule has 0 aromatic heterocycles. The molecule has 2 saturated heterocycles. The van der Waals surface area contributed by atoms with Crippen molar-refractivity contribution in [2.24, 2.45) is 0 Å². The highest BCUT2D eigenvalue weighted by atomic mass is 16.5. The number of hydrogen-bond acceptors (Lipinski definition) is 6. The van der Waals surface area contributed by atoms with Crippen molar-refractivity contribution < 1.29 is 23.9 Å². The first kappa shape index (κ1) is 24.9. The van der Waals surface area contributed by atoms with Gasteiger partial charge in [0.25, 0.3) is 5.91 Å². The Kier molecular flexibility index (Phi) is 7.20. The van der Waals surface area contributed by atoms with E-state index in [-0.39, 0.29) is 30.8 Å². The number of carbonyl (C=O) groups excluding carboxylic acids is 4. The van der Waals surface area contributed by atoms with Crippen LogP contribution in [0.2, 0.25) is 0 Å². The van der Waals surface area contributed by atoms with E-state index in [0.717, 1.165) is 55.2 Å². The van der Waals surface area contributed by atoms with Crippen LogP contribution < -0.4 is 16.0 Å². The molecule has 5 rings (SSSR count). The van der Waals surface area contributed by atoms with E-state index in [1.807, 2.05) is 30.3 Å². The highest BCUT2D eigenvalue weighted by Gasteiger charge is 2.39. The Morgan fingerprint density at radius 2 is 1.92 bits per heavy atom. The molecule has 3 aliphatic rings. The third-order valence-corrected chi connectivity index (χ3v) is 7.15. The van der Waals surface area contributed by atoms with Crippen molar-refractivity contribution >= 4 is 29.4 Å². The number of piperidine rings is 1. The van der Waals surface area contributed by atoms with Gasteiger partial charge in [-0.3, -0.25) is 24.6 Å². The molecule has 10 heteroatoms. The van der Waals surface area contributed by atoms with Crippen LogP contribution in [-0.4, -0.2) is 65.9 Å². The predicted octanol–water partition coefficient (Wildman–Crippen LogP) is 1.91. The number of hydrogen-bond donors (Lipinski definition) is 3. The number of urea groups is 1. The lowest BCUT2D eigenvalue weighted by molar-refractivity contribution is -0.136. The summed E-state index contributed by atoms with van der Waals surface area (Å²) in [6.07, 6.45) is 0.544. The van der Waals surface area contributed by atoms with Crippen molar-refractivity contribution in [2.45, 2.75) is 45.4 Å². The molecule has 2 aromatic carbocycles. The first-order valence-corrected chi connectivity index (χ1v) is 12.6. The topological polar surface area (TPSA) is 120 Å². The van der Waals surface area contributed by atoms with Crippen LogP contribution in [0.4, 0.5) is 10.5 Å². The van der Waals surface area contributed by atoms with E-state index in [0.29, 0.717) is 18.5 Å². The quantitative estimate of drug-likeness (QED) is 0.516. The first-order chi connectivity index (χ1) is 17.9. The van der Waals surface area contributed by atoms with E-state index in [1.54, 1.807) is 6.07 Å². The number of benzene rings is 2. The van der Waals surface area contributed by atoms with E-state index < -0.39 is 11.9 Å². The number of morpholine rings is 1. The lowest BCUT2D eigenvalue weighted by Gasteiger charge is -2.29. The van der Waals surface area contributed by atoms with Crippen LogP contribution in [0.25, 0.3) is 0 Å². The molecule has 0 radical (unpaired) electrons. The van der Waals surface area contributed by atoms with E-state index in [9.17, 15) is 19.2 Å². The first-order valence-electron chi connectivity index (χ1n) is 12.6. The van der Waals surface area contributed by atoms with Crippen molar-refractivity contribution in [3.05, 3.63) is 64.2 Å². The molecule has 37 heavy (non-hydrogen) atoms. The number of carbonyl (C=O) groups is 4. The number of amides is 5. The van der Waals surface area contributed by atoms with Crippen molar-refractivity contribution in [3.63, 3.8) is 0 Å². The second-order valence-corrected chi connectivity index (χ2v) is 9.73. The molecule has 3 heterocycles. The zero-order valence-corrected chi connectivity index (χ0v) is 20.8. The Hall–Kier alpha value is -3.76. The molecule has 1 atom stereocenters. The van der Waals surface area contributed by atoms with Gasteiger partial charge in [0.15, 0.2) is 0 Å². The van der Waals surface area contributed by atoms with Crippen LogP contribution in [0.15, 0.2) is 36.4 Å². The van der Waals surface area contributed by atoms with Crippen molar-refractivity contribution in [1.29, 1.82) is 0 Å². The summed E-state index contributed by atoms with van der Waals surface area (Å²) >= 11 is 0. The Morgan fingerprint density at radius 1 is 1.11 bits per heavy atom. The van der Waals surface area contributed by atoms with Crippen LogP contribution in [0, 0.1) is 6.92 Å². The van der Waals surface area contributed by atoms with E-state index in [1.165, 1.54) is 10.5 Å². The molecule has 2 fully saturated rings. The molecule has 3 aliphatic heterocycles. The maximum absolute atomic E-state index is 13.0. The van der Waals surface area contributed by atoms with Gasteiger partial charge in [-0.05, 0) is 53.8 Å². The molecule has 0 spiro atoms. The van der Waals surface area contributed by atoms with Crippen LogP contribution in [0.3, 0.4) is 0 Å². The zero-order chi connectivity index (χ0) is 25.9. The fraction of sp³-hybridized carbons (Fsp3) is 0.407. The van der Waals surface area contributed by atoms with E-state index >= 15 is 0 Å². The maximum Gasteiger partial charge on any atom is 0.319 e. The SMILES string of the molecule is Cc1ccc(NC(=O)NCc2ccc3c(c2)C(=O)N(C2CCC(=O)NC2=O)C3)cc1CN1CCOCC1. The third kappa shape index (κ3) is 5.65. The van der Waals surface area contributed by atoms with E-state index in [2.05, 4.69) is 27.8 Å². The maximum atomic E-state index is 13.0. The highest BCUT2D eigenvalue weighted by molar-refractivity contribution is 6.05. The summed E-state index contributed by atoms with van der Waals surface area (Å²) in [6.45, 7) is 6.72. The largest absolute Gasteiger partial charge is 0.379 e. The Labute approximate surface area is 215 Å². The van der Waals surface area contributed by atoms with Gasteiger partial charge >= 0.3 is 6.03 Å². The van der Waals surface area contributed by atoms with Gasteiger partial charge < -0.3 is 20.3 Å². The van der Waals surface area contributed by atoms with Gasteiger partial charge in [0.05, 0.1) is 13.2 Å². The van der Waals surface area contributed by atoms with Gasteiger partial charge in [-0.15, -0.1) is 0 Å². The summed E-state index contributed by atoms with van der Waals surface area (Å²) in [6, 6.07) is 10.4. The fourth-order valence-electron chi connectivity index (χ4n) is 4.99. The minimum absolute atomic E-state index is 0.219. The average molecular weight is 506 g/mol. The number of rotatable bonds is 6. The van der Waals surface area contributed by atoms with Crippen molar-refractivity contribution in [2.75, 3.05) is 31.6 Å². The minimum atomic E-state index is -0.646. The Morgan fingerprint density at radius 3 is 2.70 bits per heavy atom. The number of anilines is 1. The fourth-order valence-corrected chi connectivity index (χ4v) is 4.99. The summed E-state index contributed by atoms with van der Waals surface area (Å²) in [5.41, 5.74) is 5.19. The molecule has 2 aromatic rings. The molecule has 0 saturated carbocycles. The standard InChI is InChI=1S/C27H31N5O5/c1-17-2-5-21(13-20(17)15-31-8-10-37-11-9-31)29-27(36)28-14-18-3-4-19-16-32(26(35)22(19)12-18)23-6-7-24(33)30-25(23)34/h2-5,12-13,23H,6-11,14-16H2,1H3,(H2,28,29,36)(H,30,33,34). The molecule has 5 amide bonds. The van der Waals surface area contributed by atoms with Crippen molar-refractivity contribution in [1.82, 2.24) is 20.4 Å². The smallest absolute Gasteiger partial charge is 0.319 e.